The molecule has 0 radical (unpaired) electrons. The van der Waals surface area contributed by atoms with Gasteiger partial charge in [-0.3, -0.25) is 4.79 Å². The van der Waals surface area contributed by atoms with Crippen LogP contribution in [0.3, 0.4) is 0 Å². The molecule has 0 aliphatic rings. The molecule has 28 heavy (non-hydrogen) atoms. The van der Waals surface area contributed by atoms with E-state index in [-0.39, 0.29) is 17.4 Å². The molecule has 144 valence electrons. The third-order valence-electron chi connectivity index (χ3n) is 4.29. The Balaban J connectivity index is 1.69. The minimum absolute atomic E-state index is 0.276. The van der Waals surface area contributed by atoms with Gasteiger partial charge in [0.15, 0.2) is 0 Å². The number of nitrogens with zero attached hydrogens (tertiary/aromatic N) is 2. The van der Waals surface area contributed by atoms with E-state index < -0.39 is 0 Å². The predicted octanol–water partition coefficient (Wildman–Crippen LogP) is 4.91. The number of halogens is 1. The van der Waals surface area contributed by atoms with Gasteiger partial charge in [-0.25, -0.2) is 14.4 Å². The molecule has 1 amide bonds. The van der Waals surface area contributed by atoms with Gasteiger partial charge in [0.05, 0.1) is 0 Å². The smallest absolute Gasteiger partial charge is 0.274 e. The quantitative estimate of drug-likeness (QED) is 0.639. The van der Waals surface area contributed by atoms with Crippen LogP contribution in [0.5, 0.6) is 0 Å². The molecule has 0 saturated carbocycles. The van der Waals surface area contributed by atoms with E-state index in [1.165, 1.54) is 17.7 Å². The van der Waals surface area contributed by atoms with Gasteiger partial charge < -0.3 is 10.6 Å². The van der Waals surface area contributed by atoms with Crippen LogP contribution < -0.4 is 10.6 Å². The molecule has 0 unspecified atom stereocenters. The van der Waals surface area contributed by atoms with Crippen LogP contribution in [0.2, 0.25) is 0 Å². The highest BCUT2D eigenvalue weighted by molar-refractivity contribution is 6.03. The number of carbonyl (C=O) groups excluding carboxylic acids is 1. The highest BCUT2D eigenvalue weighted by Crippen LogP contribution is 2.18. The Bertz CT molecular complexity index is 953. The summed E-state index contributed by atoms with van der Waals surface area (Å²) in [5.41, 5.74) is 3.12. The van der Waals surface area contributed by atoms with Crippen molar-refractivity contribution in [1.29, 1.82) is 0 Å². The van der Waals surface area contributed by atoms with Gasteiger partial charge in [0.25, 0.3) is 5.91 Å². The number of benzene rings is 2. The molecular weight excluding hydrogens is 355 g/mol. The average Bonchev–Trinajstić information content (AvgIpc) is 2.67. The Morgan fingerprint density at radius 1 is 1.04 bits per heavy atom. The first kappa shape index (κ1) is 19.5. The lowest BCUT2D eigenvalue weighted by atomic mass is 10.0. The van der Waals surface area contributed by atoms with Crippen molar-refractivity contribution in [3.63, 3.8) is 0 Å². The zero-order chi connectivity index (χ0) is 20.1. The summed E-state index contributed by atoms with van der Waals surface area (Å²) in [6.07, 6.45) is 0. The number of aromatic nitrogens is 2. The van der Waals surface area contributed by atoms with Crippen LogP contribution in [0, 0.1) is 12.7 Å². The average molecular weight is 378 g/mol. The Morgan fingerprint density at radius 2 is 1.71 bits per heavy atom. The molecule has 1 heterocycles. The van der Waals surface area contributed by atoms with Crippen LogP contribution in [-0.4, -0.2) is 15.9 Å². The molecule has 0 bridgehead atoms. The maximum atomic E-state index is 13.0. The fraction of sp³-hybridized carbons (Fsp3) is 0.227. The summed E-state index contributed by atoms with van der Waals surface area (Å²) in [6, 6.07) is 15.6. The van der Waals surface area contributed by atoms with Gasteiger partial charge in [-0.2, -0.15) is 0 Å². The number of anilines is 2. The number of hydrogen-bond acceptors (Lipinski definition) is 4. The number of aryl methyl sites for hydroxylation is 1. The third kappa shape index (κ3) is 5.13. The zero-order valence-electron chi connectivity index (χ0n) is 16.2. The lowest BCUT2D eigenvalue weighted by Crippen LogP contribution is -2.16. The first-order valence-electron chi connectivity index (χ1n) is 9.16. The molecule has 2 aromatic carbocycles. The summed E-state index contributed by atoms with van der Waals surface area (Å²) >= 11 is 0. The molecule has 0 saturated heterocycles. The van der Waals surface area contributed by atoms with Crippen LogP contribution in [0.4, 0.5) is 15.9 Å². The van der Waals surface area contributed by atoms with Gasteiger partial charge in [0.2, 0.25) is 0 Å². The SMILES string of the molecule is Cc1nc(NCc2ccc(F)cc2)cc(C(=O)Nc2ccc(C(C)C)cc2)n1. The minimum atomic E-state index is -0.298. The number of hydrogen-bond donors (Lipinski definition) is 2. The maximum absolute atomic E-state index is 13.0. The van der Waals surface area contributed by atoms with Gasteiger partial charge in [0, 0.05) is 18.3 Å². The van der Waals surface area contributed by atoms with Crippen molar-refractivity contribution in [3.05, 3.63) is 83.1 Å². The van der Waals surface area contributed by atoms with Crippen molar-refractivity contribution in [2.45, 2.75) is 33.2 Å². The van der Waals surface area contributed by atoms with Gasteiger partial charge in [-0.05, 0) is 48.2 Å². The summed E-state index contributed by atoms with van der Waals surface area (Å²) in [4.78, 5) is 21.1. The largest absolute Gasteiger partial charge is 0.366 e. The van der Waals surface area contributed by atoms with Crippen LogP contribution >= 0.6 is 0 Å². The molecule has 0 atom stereocenters. The standard InChI is InChI=1S/C22H23FN4O/c1-14(2)17-6-10-19(11-7-17)27-22(28)20-12-21(26-15(3)25-20)24-13-16-4-8-18(23)9-5-16/h4-12,14H,13H2,1-3H3,(H,27,28)(H,24,25,26). The van der Waals surface area contributed by atoms with Crippen molar-refractivity contribution in [2.24, 2.45) is 0 Å². The van der Waals surface area contributed by atoms with Crippen LogP contribution in [0.25, 0.3) is 0 Å². The van der Waals surface area contributed by atoms with E-state index in [0.29, 0.717) is 29.8 Å². The van der Waals surface area contributed by atoms with E-state index in [9.17, 15) is 9.18 Å². The van der Waals surface area contributed by atoms with E-state index in [2.05, 4.69) is 34.4 Å². The minimum Gasteiger partial charge on any atom is -0.366 e. The molecule has 0 fully saturated rings. The number of rotatable bonds is 6. The monoisotopic (exact) mass is 378 g/mol. The second-order valence-corrected chi connectivity index (χ2v) is 6.90. The molecule has 0 spiro atoms. The van der Waals surface area contributed by atoms with Crippen molar-refractivity contribution >= 4 is 17.4 Å². The first-order valence-corrected chi connectivity index (χ1v) is 9.16. The summed E-state index contributed by atoms with van der Waals surface area (Å²) < 4.78 is 13.0. The Labute approximate surface area is 164 Å². The Hall–Kier alpha value is -3.28. The Morgan fingerprint density at radius 3 is 2.36 bits per heavy atom. The van der Waals surface area contributed by atoms with E-state index in [0.717, 1.165) is 5.56 Å². The number of amides is 1. The predicted molar refractivity (Wildman–Crippen MR) is 109 cm³/mol. The van der Waals surface area contributed by atoms with Crippen LogP contribution in [0.15, 0.2) is 54.6 Å². The van der Waals surface area contributed by atoms with Gasteiger partial charge >= 0.3 is 0 Å². The fourth-order valence-electron chi connectivity index (χ4n) is 2.72. The van der Waals surface area contributed by atoms with Gasteiger partial charge in [0.1, 0.15) is 23.2 Å². The summed E-state index contributed by atoms with van der Waals surface area (Å²) in [6.45, 7) is 6.45. The highest BCUT2D eigenvalue weighted by atomic mass is 19.1. The number of nitrogens with one attached hydrogen (secondary N) is 2. The van der Waals surface area contributed by atoms with Gasteiger partial charge in [-0.15, -0.1) is 0 Å². The Kier molecular flexibility index (Phi) is 5.99. The van der Waals surface area contributed by atoms with Crippen molar-refractivity contribution in [3.8, 4) is 0 Å². The highest BCUT2D eigenvalue weighted by Gasteiger charge is 2.11. The van der Waals surface area contributed by atoms with Crippen LogP contribution in [-0.2, 0) is 6.54 Å². The van der Waals surface area contributed by atoms with Crippen molar-refractivity contribution in [1.82, 2.24) is 9.97 Å². The summed E-state index contributed by atoms with van der Waals surface area (Å²) in [7, 11) is 0. The third-order valence-corrected chi connectivity index (χ3v) is 4.29. The summed E-state index contributed by atoms with van der Waals surface area (Å²) in [5, 5.41) is 6.01. The molecule has 0 aliphatic carbocycles. The molecule has 0 aliphatic heterocycles. The van der Waals surface area contributed by atoms with E-state index >= 15 is 0 Å². The first-order chi connectivity index (χ1) is 13.4. The lowest BCUT2D eigenvalue weighted by molar-refractivity contribution is 0.102. The molecule has 3 aromatic rings. The summed E-state index contributed by atoms with van der Waals surface area (Å²) in [5.74, 6) is 0.889. The van der Waals surface area contributed by atoms with Crippen molar-refractivity contribution in [2.75, 3.05) is 10.6 Å². The molecule has 6 heteroatoms. The normalized spacial score (nSPS) is 10.8. The second-order valence-electron chi connectivity index (χ2n) is 6.90. The zero-order valence-corrected chi connectivity index (χ0v) is 16.2. The van der Waals surface area contributed by atoms with Gasteiger partial charge in [-0.1, -0.05) is 38.1 Å². The second kappa shape index (κ2) is 8.61. The molecule has 1 aromatic heterocycles. The number of carbonyl (C=O) groups is 1. The van der Waals surface area contributed by atoms with E-state index in [1.807, 2.05) is 24.3 Å². The van der Waals surface area contributed by atoms with Crippen molar-refractivity contribution < 1.29 is 9.18 Å². The van der Waals surface area contributed by atoms with Crippen LogP contribution in [0.1, 0.15) is 47.2 Å². The topological polar surface area (TPSA) is 66.9 Å². The molecule has 3 rings (SSSR count). The lowest BCUT2D eigenvalue weighted by Gasteiger charge is -2.10. The fourth-order valence-corrected chi connectivity index (χ4v) is 2.72. The molecule has 2 N–H and O–H groups in total. The maximum Gasteiger partial charge on any atom is 0.274 e. The van der Waals surface area contributed by atoms with E-state index in [4.69, 9.17) is 0 Å². The molecule has 5 nitrogen and oxygen atoms in total. The molecular formula is C22H23FN4O. The van der Waals surface area contributed by atoms with E-state index in [1.54, 1.807) is 25.1 Å².